The van der Waals surface area contributed by atoms with Crippen molar-refractivity contribution in [2.24, 2.45) is 11.7 Å². The molecule has 2 atom stereocenters. The first-order chi connectivity index (χ1) is 7.12. The topological polar surface area (TPSA) is 64.3 Å². The highest BCUT2D eigenvalue weighted by atomic mass is 16.5. The highest BCUT2D eigenvalue weighted by molar-refractivity contribution is 5.68. The maximum absolute atomic E-state index is 11.4. The lowest BCUT2D eigenvalue weighted by atomic mass is 9.76. The normalized spacial score (nSPS) is 31.0. The fourth-order valence-corrected chi connectivity index (χ4v) is 2.39. The van der Waals surface area contributed by atoms with Crippen LogP contribution in [-0.4, -0.2) is 24.8 Å². The van der Waals surface area contributed by atoms with Crippen molar-refractivity contribution in [3.63, 3.8) is 0 Å². The molecule has 88 valence electrons. The number of ether oxygens (including phenoxy) is 1. The van der Waals surface area contributed by atoms with Crippen molar-refractivity contribution >= 4 is 6.09 Å². The van der Waals surface area contributed by atoms with Gasteiger partial charge in [-0.25, -0.2) is 4.79 Å². The van der Waals surface area contributed by atoms with E-state index in [2.05, 4.69) is 12.2 Å². The number of nitrogens with two attached hydrogens (primary N) is 1. The van der Waals surface area contributed by atoms with Crippen molar-refractivity contribution in [3.05, 3.63) is 0 Å². The van der Waals surface area contributed by atoms with Gasteiger partial charge in [-0.15, -0.1) is 0 Å². The zero-order chi connectivity index (χ0) is 11.3. The number of hydrogen-bond donors (Lipinski definition) is 2. The van der Waals surface area contributed by atoms with Gasteiger partial charge in [0.25, 0.3) is 0 Å². The predicted octanol–water partition coefficient (Wildman–Crippen LogP) is 1.64. The van der Waals surface area contributed by atoms with Crippen LogP contribution in [0.2, 0.25) is 0 Å². The summed E-state index contributed by atoms with van der Waals surface area (Å²) in [5, 5.41) is 2.93. The van der Waals surface area contributed by atoms with Gasteiger partial charge in [0.15, 0.2) is 0 Å². The molecule has 1 aliphatic carbocycles. The van der Waals surface area contributed by atoms with E-state index in [0.717, 1.165) is 19.3 Å². The molecule has 0 radical (unpaired) electrons. The number of amides is 1. The summed E-state index contributed by atoms with van der Waals surface area (Å²) in [4.78, 5) is 11.4. The molecule has 1 aliphatic rings. The molecular weight excluding hydrogens is 192 g/mol. The third kappa shape index (κ3) is 3.38. The first-order valence-corrected chi connectivity index (χ1v) is 5.77. The average molecular weight is 214 g/mol. The first kappa shape index (κ1) is 12.3. The Morgan fingerprint density at radius 3 is 2.93 bits per heavy atom. The Labute approximate surface area is 91.5 Å². The minimum absolute atomic E-state index is 0.232. The molecule has 0 aromatic heterocycles. The van der Waals surface area contributed by atoms with Crippen LogP contribution in [0.3, 0.4) is 0 Å². The maximum Gasteiger partial charge on any atom is 0.407 e. The van der Waals surface area contributed by atoms with Crippen LogP contribution in [0.5, 0.6) is 0 Å². The van der Waals surface area contributed by atoms with Crippen molar-refractivity contribution in [1.29, 1.82) is 0 Å². The Hall–Kier alpha value is -0.770. The summed E-state index contributed by atoms with van der Waals surface area (Å²) in [7, 11) is 0. The Morgan fingerprint density at radius 2 is 2.40 bits per heavy atom. The third-order valence-electron chi connectivity index (χ3n) is 3.12. The SMILES string of the molecule is CCOC(=O)NC1(CN)CCCC(C)C1. The van der Waals surface area contributed by atoms with E-state index in [1.54, 1.807) is 6.92 Å². The van der Waals surface area contributed by atoms with Crippen LogP contribution < -0.4 is 11.1 Å². The molecule has 2 unspecified atom stereocenters. The number of rotatable bonds is 3. The Morgan fingerprint density at radius 1 is 1.67 bits per heavy atom. The second kappa shape index (κ2) is 5.35. The van der Waals surface area contributed by atoms with E-state index in [4.69, 9.17) is 10.5 Å². The van der Waals surface area contributed by atoms with Crippen LogP contribution in [0.25, 0.3) is 0 Å². The molecule has 0 saturated heterocycles. The zero-order valence-corrected chi connectivity index (χ0v) is 9.71. The van der Waals surface area contributed by atoms with Gasteiger partial charge in [0.1, 0.15) is 0 Å². The van der Waals surface area contributed by atoms with Crippen molar-refractivity contribution in [1.82, 2.24) is 5.32 Å². The molecule has 3 N–H and O–H groups in total. The van der Waals surface area contributed by atoms with Crippen molar-refractivity contribution in [3.8, 4) is 0 Å². The smallest absolute Gasteiger partial charge is 0.407 e. The quantitative estimate of drug-likeness (QED) is 0.750. The number of carbonyl (C=O) groups is 1. The highest BCUT2D eigenvalue weighted by Gasteiger charge is 2.35. The van der Waals surface area contributed by atoms with E-state index in [0.29, 0.717) is 19.1 Å². The molecule has 4 heteroatoms. The van der Waals surface area contributed by atoms with Gasteiger partial charge in [-0.05, 0) is 25.7 Å². The van der Waals surface area contributed by atoms with E-state index >= 15 is 0 Å². The fraction of sp³-hybridized carbons (Fsp3) is 0.909. The van der Waals surface area contributed by atoms with Crippen molar-refractivity contribution in [2.45, 2.75) is 45.1 Å². The van der Waals surface area contributed by atoms with Crippen LogP contribution in [0.1, 0.15) is 39.5 Å². The van der Waals surface area contributed by atoms with E-state index in [1.165, 1.54) is 6.42 Å². The van der Waals surface area contributed by atoms with Crippen molar-refractivity contribution in [2.75, 3.05) is 13.2 Å². The first-order valence-electron chi connectivity index (χ1n) is 5.77. The summed E-state index contributed by atoms with van der Waals surface area (Å²) in [6.07, 6.45) is 3.95. The summed E-state index contributed by atoms with van der Waals surface area (Å²) in [6.45, 7) is 4.91. The van der Waals surface area contributed by atoms with Gasteiger partial charge >= 0.3 is 6.09 Å². The molecule has 0 aliphatic heterocycles. The third-order valence-corrected chi connectivity index (χ3v) is 3.12. The molecule has 0 heterocycles. The number of alkyl carbamates (subject to hydrolysis) is 1. The molecule has 1 amide bonds. The summed E-state index contributed by atoms with van der Waals surface area (Å²) in [5.74, 6) is 0.629. The van der Waals surface area contributed by atoms with Gasteiger partial charge in [-0.2, -0.15) is 0 Å². The van der Waals surface area contributed by atoms with Gasteiger partial charge in [-0.3, -0.25) is 0 Å². The molecule has 0 spiro atoms. The maximum atomic E-state index is 11.4. The summed E-state index contributed by atoms with van der Waals surface area (Å²) in [6, 6.07) is 0. The van der Waals surface area contributed by atoms with Crippen LogP contribution in [-0.2, 0) is 4.74 Å². The summed E-state index contributed by atoms with van der Waals surface area (Å²) in [5.41, 5.74) is 5.54. The van der Waals surface area contributed by atoms with Gasteiger partial charge in [0.05, 0.1) is 12.1 Å². The highest BCUT2D eigenvalue weighted by Crippen LogP contribution is 2.31. The lowest BCUT2D eigenvalue weighted by molar-refractivity contribution is 0.122. The minimum Gasteiger partial charge on any atom is -0.450 e. The largest absolute Gasteiger partial charge is 0.450 e. The van der Waals surface area contributed by atoms with Crippen LogP contribution in [0.4, 0.5) is 4.79 Å². The minimum atomic E-state index is -0.336. The molecule has 1 rings (SSSR count). The number of nitrogens with one attached hydrogen (secondary N) is 1. The molecule has 0 aromatic rings. The Balaban J connectivity index is 2.55. The second-order valence-corrected chi connectivity index (χ2v) is 4.53. The second-order valence-electron chi connectivity index (χ2n) is 4.53. The van der Waals surface area contributed by atoms with Crippen LogP contribution in [0.15, 0.2) is 0 Å². The molecule has 0 aromatic carbocycles. The number of carbonyl (C=O) groups excluding carboxylic acids is 1. The van der Waals surface area contributed by atoms with Gasteiger partial charge in [0.2, 0.25) is 0 Å². The van der Waals surface area contributed by atoms with Gasteiger partial charge < -0.3 is 15.8 Å². The van der Waals surface area contributed by atoms with Crippen LogP contribution in [0, 0.1) is 5.92 Å². The van der Waals surface area contributed by atoms with E-state index in [9.17, 15) is 4.79 Å². The molecule has 1 fully saturated rings. The zero-order valence-electron chi connectivity index (χ0n) is 9.71. The molecule has 1 saturated carbocycles. The molecule has 4 nitrogen and oxygen atoms in total. The van der Waals surface area contributed by atoms with E-state index in [1.807, 2.05) is 0 Å². The fourth-order valence-electron chi connectivity index (χ4n) is 2.39. The lowest BCUT2D eigenvalue weighted by Gasteiger charge is -2.39. The Kier molecular flexibility index (Phi) is 4.39. The summed E-state index contributed by atoms with van der Waals surface area (Å²) >= 11 is 0. The number of hydrogen-bond acceptors (Lipinski definition) is 3. The van der Waals surface area contributed by atoms with Gasteiger partial charge in [0, 0.05) is 6.54 Å². The van der Waals surface area contributed by atoms with E-state index < -0.39 is 0 Å². The standard InChI is InChI=1S/C11H22N2O2/c1-3-15-10(14)13-11(8-12)6-4-5-9(2)7-11/h9H,3-8,12H2,1-2H3,(H,13,14). The van der Waals surface area contributed by atoms with Crippen LogP contribution >= 0.6 is 0 Å². The molecule has 0 bridgehead atoms. The van der Waals surface area contributed by atoms with E-state index in [-0.39, 0.29) is 11.6 Å². The van der Waals surface area contributed by atoms with Gasteiger partial charge in [-0.1, -0.05) is 19.8 Å². The lowest BCUT2D eigenvalue weighted by Crippen LogP contribution is -2.56. The predicted molar refractivity (Wildman–Crippen MR) is 59.6 cm³/mol. The Bertz CT molecular complexity index is 221. The molecule has 15 heavy (non-hydrogen) atoms. The molecular formula is C11H22N2O2. The van der Waals surface area contributed by atoms with Crippen molar-refractivity contribution < 1.29 is 9.53 Å². The monoisotopic (exact) mass is 214 g/mol. The average Bonchev–Trinajstić information content (AvgIpc) is 2.18. The summed E-state index contributed by atoms with van der Waals surface area (Å²) < 4.78 is 4.90.